The Hall–Kier alpha value is -1.65. The maximum atomic E-state index is 13.0. The van der Waals surface area contributed by atoms with Crippen LogP contribution < -0.4 is 29.6 Å². The Morgan fingerprint density at radius 1 is 1.30 bits per heavy atom. The number of aliphatic hydroxyl groups is 2. The first-order chi connectivity index (χ1) is 12.2. The molecule has 1 aromatic heterocycles. The van der Waals surface area contributed by atoms with Gasteiger partial charge in [-0.05, 0) is 36.8 Å². The van der Waals surface area contributed by atoms with Crippen LogP contribution in [-0.2, 0) is 4.79 Å². The van der Waals surface area contributed by atoms with Crippen molar-refractivity contribution in [1.82, 2.24) is 20.2 Å². The van der Waals surface area contributed by atoms with E-state index in [1.165, 1.54) is 16.9 Å². The van der Waals surface area contributed by atoms with Gasteiger partial charge in [0.25, 0.3) is 0 Å². The smallest absolute Gasteiger partial charge is 1.00 e. The van der Waals surface area contributed by atoms with Crippen molar-refractivity contribution in [1.29, 1.82) is 0 Å². The molecule has 0 saturated carbocycles. The van der Waals surface area contributed by atoms with E-state index in [4.69, 9.17) is 0 Å². The maximum Gasteiger partial charge on any atom is 1.00 e. The molecule has 8 nitrogen and oxygen atoms in total. The monoisotopic (exact) mass is 388 g/mol. The van der Waals surface area contributed by atoms with Crippen LogP contribution in [0.4, 0.5) is 4.39 Å². The van der Waals surface area contributed by atoms with Gasteiger partial charge in [0.2, 0.25) is 5.82 Å². The molecule has 0 aliphatic carbocycles. The molecule has 0 spiro atoms. The largest absolute Gasteiger partial charge is 1.00 e. The van der Waals surface area contributed by atoms with Crippen molar-refractivity contribution >= 4 is 11.5 Å². The number of nitrogens with zero attached hydrogens (tertiary/aromatic N) is 4. The summed E-state index contributed by atoms with van der Waals surface area (Å²) in [4.78, 5) is 12.9. The zero-order valence-electron chi connectivity index (χ0n) is 16.4. The van der Waals surface area contributed by atoms with Crippen molar-refractivity contribution in [2.45, 2.75) is 44.4 Å². The number of carboxylic acids is 1. The van der Waals surface area contributed by atoms with E-state index in [9.17, 15) is 24.5 Å². The van der Waals surface area contributed by atoms with E-state index in [1.54, 1.807) is 0 Å². The van der Waals surface area contributed by atoms with Gasteiger partial charge in [0.1, 0.15) is 11.7 Å². The molecule has 1 heterocycles. The van der Waals surface area contributed by atoms with E-state index in [1.807, 2.05) is 13.8 Å². The molecule has 0 bridgehead atoms. The number of rotatable bonds is 8. The molecular weight excluding hydrogens is 366 g/mol. The topological polar surface area (TPSA) is 121 Å². The molecule has 2 rings (SSSR count). The van der Waals surface area contributed by atoms with Crippen LogP contribution in [0, 0.1) is 5.82 Å². The number of benzene rings is 1. The van der Waals surface area contributed by atoms with Crippen LogP contribution in [0.2, 0.25) is 0 Å². The van der Waals surface area contributed by atoms with E-state index in [0.717, 1.165) is 12.1 Å². The summed E-state index contributed by atoms with van der Waals surface area (Å²) in [6.45, 7) is 7.41. The second-order valence-electron chi connectivity index (χ2n) is 6.24. The van der Waals surface area contributed by atoms with Crippen molar-refractivity contribution in [3.63, 3.8) is 0 Å². The Morgan fingerprint density at radius 2 is 1.89 bits per heavy atom. The first-order valence-corrected chi connectivity index (χ1v) is 8.03. The van der Waals surface area contributed by atoms with Crippen LogP contribution in [0.25, 0.3) is 5.57 Å². The Kier molecular flexibility index (Phi) is 8.70. The summed E-state index contributed by atoms with van der Waals surface area (Å²) in [7, 11) is 0. The Balaban J connectivity index is 0.00000364. The van der Waals surface area contributed by atoms with Crippen molar-refractivity contribution in [2.75, 3.05) is 0 Å². The number of tetrazole rings is 1. The third-order valence-corrected chi connectivity index (χ3v) is 3.92. The molecule has 27 heavy (non-hydrogen) atoms. The van der Waals surface area contributed by atoms with E-state index >= 15 is 0 Å². The minimum absolute atomic E-state index is 0. The second kappa shape index (κ2) is 10.0. The average Bonchev–Trinajstić information content (AvgIpc) is 3.06. The molecule has 142 valence electrons. The van der Waals surface area contributed by atoms with E-state index in [0.29, 0.717) is 0 Å². The molecule has 3 unspecified atom stereocenters. The quantitative estimate of drug-likeness (QED) is 0.471. The molecule has 3 N–H and O–H groups in total. The second-order valence-corrected chi connectivity index (χ2v) is 6.24. The molecular formula is C17H22FN4NaO4. The van der Waals surface area contributed by atoms with Crippen LogP contribution in [0.3, 0.4) is 0 Å². The summed E-state index contributed by atoms with van der Waals surface area (Å²) in [6.07, 6.45) is -2.99. The summed E-state index contributed by atoms with van der Waals surface area (Å²) in [6, 6.07) is 4.77. The molecule has 1 aromatic carbocycles. The van der Waals surface area contributed by atoms with Crippen LogP contribution in [0.5, 0.6) is 0 Å². The number of aliphatic carboxylic acids is 1. The molecule has 0 saturated heterocycles. The first kappa shape index (κ1) is 23.4. The van der Waals surface area contributed by atoms with Gasteiger partial charge < -0.3 is 16.7 Å². The Morgan fingerprint density at radius 3 is 2.37 bits per heavy atom. The predicted molar refractivity (Wildman–Crippen MR) is 91.8 cm³/mol. The van der Waals surface area contributed by atoms with Gasteiger partial charge in [-0.1, -0.05) is 18.7 Å². The fourth-order valence-corrected chi connectivity index (χ4v) is 2.43. The van der Waals surface area contributed by atoms with E-state index in [-0.39, 0.29) is 60.4 Å². The fourth-order valence-electron chi connectivity index (χ4n) is 2.43. The normalized spacial score (nSPS) is 14.3. The zero-order valence-corrected chi connectivity index (χ0v) is 17.4. The molecule has 3 atom stereocenters. The summed E-state index contributed by atoms with van der Waals surface area (Å²) in [5, 5.41) is 41.7. The van der Waals surface area contributed by atoms with Gasteiger partial charge in [-0.3, -0.25) is 4.79 Å². The van der Waals surface area contributed by atoms with Gasteiger partial charge in [-0.2, -0.15) is 4.80 Å². The minimum Gasteiger partial charge on any atom is -1.00 e. The number of carbonyl (C=O) groups is 1. The van der Waals surface area contributed by atoms with Crippen LogP contribution in [0.15, 0.2) is 30.8 Å². The third-order valence-electron chi connectivity index (χ3n) is 3.92. The third kappa shape index (κ3) is 5.91. The zero-order chi connectivity index (χ0) is 19.4. The predicted octanol–water partition coefficient (Wildman–Crippen LogP) is -1.50. The number of aromatic nitrogens is 4. The van der Waals surface area contributed by atoms with Gasteiger partial charge in [-0.15, -0.1) is 10.2 Å². The molecule has 0 fully saturated rings. The SMILES string of the molecule is C=C(c1nnn(C(C)C)n1)C(O)CC(O)C(C(=O)O)c1ccc(F)cc1.[H-].[Na+]. The number of halogens is 1. The van der Waals surface area contributed by atoms with Gasteiger partial charge >= 0.3 is 35.5 Å². The summed E-state index contributed by atoms with van der Waals surface area (Å²) in [5.41, 5.74) is 0.354. The van der Waals surface area contributed by atoms with Gasteiger partial charge in [0, 0.05) is 12.0 Å². The Labute approximate surface area is 179 Å². The summed E-state index contributed by atoms with van der Waals surface area (Å²) in [5.74, 6) is -3.00. The molecule has 0 aliphatic heterocycles. The van der Waals surface area contributed by atoms with Crippen LogP contribution in [0.1, 0.15) is 45.0 Å². The van der Waals surface area contributed by atoms with Crippen molar-refractivity contribution < 1.29 is 55.5 Å². The molecule has 0 aliphatic rings. The maximum absolute atomic E-state index is 13.0. The number of carboxylic acid groups (broad SMARTS) is 1. The first-order valence-electron chi connectivity index (χ1n) is 8.03. The summed E-state index contributed by atoms with van der Waals surface area (Å²) >= 11 is 0. The summed E-state index contributed by atoms with van der Waals surface area (Å²) < 4.78 is 13.0. The van der Waals surface area contributed by atoms with Crippen molar-refractivity contribution in [3.8, 4) is 0 Å². The number of hydrogen-bond donors (Lipinski definition) is 3. The fraction of sp³-hybridized carbons (Fsp3) is 0.412. The average molecular weight is 388 g/mol. The van der Waals surface area contributed by atoms with E-state index in [2.05, 4.69) is 22.0 Å². The van der Waals surface area contributed by atoms with Gasteiger partial charge in [-0.25, -0.2) is 4.39 Å². The molecule has 10 heteroatoms. The van der Waals surface area contributed by atoms with Crippen molar-refractivity contribution in [2.24, 2.45) is 0 Å². The van der Waals surface area contributed by atoms with Gasteiger partial charge in [0.05, 0.1) is 18.2 Å². The van der Waals surface area contributed by atoms with Crippen LogP contribution >= 0.6 is 0 Å². The van der Waals surface area contributed by atoms with Crippen molar-refractivity contribution in [3.05, 3.63) is 48.0 Å². The van der Waals surface area contributed by atoms with Crippen LogP contribution in [-0.4, -0.2) is 53.7 Å². The van der Waals surface area contributed by atoms with Gasteiger partial charge in [0.15, 0.2) is 0 Å². The standard InChI is InChI=1S/C17H21FN4O4.Na.H/c1-9(2)22-20-16(19-21-22)10(3)13(23)8-14(24)15(17(25)26)11-4-6-12(18)7-5-11;;/h4-7,9,13-15,23-24H,3,8H2,1-2H3,(H,25,26);;/q;+1;-1. The minimum atomic E-state index is -1.43. The molecule has 2 aromatic rings. The Bertz CT molecular complexity index is 788. The number of hydrogen-bond acceptors (Lipinski definition) is 6. The van der Waals surface area contributed by atoms with E-state index < -0.39 is 29.9 Å². The molecule has 0 amide bonds. The molecule has 0 radical (unpaired) electrons. The number of aliphatic hydroxyl groups excluding tert-OH is 2.